The van der Waals surface area contributed by atoms with Gasteiger partial charge in [-0.1, -0.05) is 53.9 Å². The number of rotatable bonds is 8. The maximum atomic E-state index is 14.6. The Kier molecular flexibility index (Phi) is 8.39. The van der Waals surface area contributed by atoms with E-state index in [1.165, 1.54) is 17.0 Å². The van der Waals surface area contributed by atoms with Gasteiger partial charge in [-0.25, -0.2) is 8.78 Å². The van der Waals surface area contributed by atoms with Crippen LogP contribution in [-0.2, 0) is 9.59 Å². The normalized spacial score (nSPS) is 17.8. The Balaban J connectivity index is 2.26. The van der Waals surface area contributed by atoms with Gasteiger partial charge in [0, 0.05) is 30.5 Å². The molecule has 0 bridgehead atoms. The standard InChI is InChI=1S/C24H36F2N2O2/c1-6-8-10-17(9-7-2)22(29)27-14-13-19(16-27)28(23(30)24(3,4)5)21-12-11-18(25)15-20(21)26/h11-12,15,17,19H,6-10,13-14,16H2,1-5H3/t17-,19?/m0/s1. The molecule has 0 radical (unpaired) electrons. The first kappa shape index (κ1) is 24.3. The zero-order chi connectivity index (χ0) is 22.5. The maximum absolute atomic E-state index is 14.6. The lowest BCUT2D eigenvalue weighted by Gasteiger charge is -2.34. The van der Waals surface area contributed by atoms with Crippen LogP contribution in [0.2, 0.25) is 0 Å². The fourth-order valence-electron chi connectivity index (χ4n) is 4.11. The molecule has 1 fully saturated rings. The summed E-state index contributed by atoms with van der Waals surface area (Å²) in [6.45, 7) is 10.5. The molecule has 2 amide bonds. The third-order valence-electron chi connectivity index (χ3n) is 5.76. The minimum absolute atomic E-state index is 0.00280. The summed E-state index contributed by atoms with van der Waals surface area (Å²) in [5.74, 6) is -1.54. The van der Waals surface area contributed by atoms with Gasteiger partial charge in [0.05, 0.1) is 11.7 Å². The molecule has 1 heterocycles. The Bertz CT molecular complexity index is 745. The summed E-state index contributed by atoms with van der Waals surface area (Å²) in [5, 5.41) is 0. The maximum Gasteiger partial charge on any atom is 0.232 e. The molecule has 30 heavy (non-hydrogen) atoms. The van der Waals surface area contributed by atoms with Crippen molar-refractivity contribution in [3.63, 3.8) is 0 Å². The number of nitrogens with zero attached hydrogens (tertiary/aromatic N) is 2. The average Bonchev–Trinajstić information content (AvgIpc) is 3.15. The lowest BCUT2D eigenvalue weighted by atomic mass is 9.93. The number of likely N-dealkylation sites (tertiary alicyclic amines) is 1. The lowest BCUT2D eigenvalue weighted by Crippen LogP contribution is -2.48. The Morgan fingerprint density at radius 1 is 1.17 bits per heavy atom. The number of hydrogen-bond acceptors (Lipinski definition) is 2. The molecule has 1 aliphatic heterocycles. The van der Waals surface area contributed by atoms with E-state index in [1.54, 1.807) is 20.8 Å². The number of halogens is 2. The quantitative estimate of drug-likeness (QED) is 0.551. The largest absolute Gasteiger partial charge is 0.340 e. The number of anilines is 1. The summed E-state index contributed by atoms with van der Waals surface area (Å²) in [5.41, 5.74) is -0.656. The van der Waals surface area contributed by atoms with Crippen LogP contribution in [0.1, 0.15) is 73.1 Å². The van der Waals surface area contributed by atoms with E-state index in [9.17, 15) is 18.4 Å². The van der Waals surface area contributed by atoms with Crippen LogP contribution in [0, 0.1) is 23.0 Å². The van der Waals surface area contributed by atoms with Crippen LogP contribution in [0.5, 0.6) is 0 Å². The van der Waals surface area contributed by atoms with Gasteiger partial charge in [-0.05, 0) is 31.4 Å². The van der Waals surface area contributed by atoms with E-state index in [0.717, 1.165) is 38.2 Å². The van der Waals surface area contributed by atoms with Gasteiger partial charge in [0.15, 0.2) is 0 Å². The number of carbonyl (C=O) groups excluding carboxylic acids is 2. The van der Waals surface area contributed by atoms with Gasteiger partial charge in [-0.3, -0.25) is 9.59 Å². The molecule has 0 aliphatic carbocycles. The molecule has 1 unspecified atom stereocenters. The van der Waals surface area contributed by atoms with Gasteiger partial charge in [0.25, 0.3) is 0 Å². The first-order chi connectivity index (χ1) is 14.1. The molecule has 1 aromatic rings. The van der Waals surface area contributed by atoms with Crippen molar-refractivity contribution in [2.45, 2.75) is 79.2 Å². The van der Waals surface area contributed by atoms with Crippen molar-refractivity contribution in [3.05, 3.63) is 29.8 Å². The van der Waals surface area contributed by atoms with Gasteiger partial charge in [-0.2, -0.15) is 0 Å². The van der Waals surface area contributed by atoms with Gasteiger partial charge in [0.2, 0.25) is 11.8 Å². The fourth-order valence-corrected chi connectivity index (χ4v) is 4.11. The predicted molar refractivity (Wildman–Crippen MR) is 116 cm³/mol. The zero-order valence-corrected chi connectivity index (χ0v) is 19.0. The Morgan fingerprint density at radius 3 is 2.43 bits per heavy atom. The van der Waals surface area contributed by atoms with Gasteiger partial charge >= 0.3 is 0 Å². The molecule has 1 saturated heterocycles. The van der Waals surface area contributed by atoms with Crippen LogP contribution in [0.4, 0.5) is 14.5 Å². The van der Waals surface area contributed by atoms with Crippen molar-refractivity contribution < 1.29 is 18.4 Å². The fraction of sp³-hybridized carbons (Fsp3) is 0.667. The topological polar surface area (TPSA) is 40.6 Å². The van der Waals surface area contributed by atoms with Gasteiger partial charge in [0.1, 0.15) is 11.6 Å². The van der Waals surface area contributed by atoms with Crippen LogP contribution in [-0.4, -0.2) is 35.8 Å². The molecular formula is C24H36F2N2O2. The molecule has 0 spiro atoms. The van der Waals surface area contributed by atoms with Crippen LogP contribution >= 0.6 is 0 Å². The number of amides is 2. The van der Waals surface area contributed by atoms with E-state index in [1.807, 2.05) is 4.90 Å². The summed E-state index contributed by atoms with van der Waals surface area (Å²) in [6.07, 6.45) is 5.33. The van der Waals surface area contributed by atoms with Crippen molar-refractivity contribution in [2.24, 2.45) is 11.3 Å². The highest BCUT2D eigenvalue weighted by Crippen LogP contribution is 2.32. The molecular weight excluding hydrogens is 386 g/mol. The SMILES string of the molecule is CCCC[C@H](CCC)C(=O)N1CCC(N(C(=O)C(C)(C)C)c2ccc(F)cc2F)C1. The van der Waals surface area contributed by atoms with Crippen LogP contribution in [0.25, 0.3) is 0 Å². The molecule has 0 saturated carbocycles. The zero-order valence-electron chi connectivity index (χ0n) is 19.0. The second-order valence-electron chi connectivity index (χ2n) is 9.38. The molecule has 168 valence electrons. The molecule has 2 atom stereocenters. The van der Waals surface area contributed by atoms with Crippen LogP contribution < -0.4 is 4.90 Å². The lowest BCUT2D eigenvalue weighted by molar-refractivity contribution is -0.135. The molecule has 1 aliphatic rings. The summed E-state index contributed by atoms with van der Waals surface area (Å²) >= 11 is 0. The van der Waals surface area contributed by atoms with Crippen molar-refractivity contribution in [3.8, 4) is 0 Å². The summed E-state index contributed by atoms with van der Waals surface area (Å²) in [7, 11) is 0. The predicted octanol–water partition coefficient (Wildman–Crippen LogP) is 5.55. The highest BCUT2D eigenvalue weighted by molar-refractivity contribution is 5.97. The monoisotopic (exact) mass is 422 g/mol. The Labute approximate surface area is 179 Å². The minimum Gasteiger partial charge on any atom is -0.340 e. The van der Waals surface area contributed by atoms with E-state index in [2.05, 4.69) is 13.8 Å². The van der Waals surface area contributed by atoms with E-state index in [0.29, 0.717) is 19.5 Å². The summed E-state index contributed by atoms with van der Waals surface area (Å²) in [4.78, 5) is 29.6. The van der Waals surface area contributed by atoms with Crippen molar-refractivity contribution >= 4 is 17.5 Å². The number of benzene rings is 1. The summed E-state index contributed by atoms with van der Waals surface area (Å²) in [6, 6.07) is 2.97. The van der Waals surface area contributed by atoms with Crippen LogP contribution in [0.3, 0.4) is 0 Å². The second kappa shape index (κ2) is 10.4. The molecule has 2 rings (SSSR count). The third kappa shape index (κ3) is 5.79. The van der Waals surface area contributed by atoms with Crippen LogP contribution in [0.15, 0.2) is 18.2 Å². The molecule has 1 aromatic carbocycles. The third-order valence-corrected chi connectivity index (χ3v) is 5.76. The molecule has 0 aromatic heterocycles. The highest BCUT2D eigenvalue weighted by atomic mass is 19.1. The highest BCUT2D eigenvalue weighted by Gasteiger charge is 2.39. The van der Waals surface area contributed by atoms with Gasteiger partial charge in [-0.15, -0.1) is 0 Å². The number of unbranched alkanes of at least 4 members (excludes halogenated alkanes) is 1. The molecule has 6 heteroatoms. The second-order valence-corrected chi connectivity index (χ2v) is 9.38. The number of hydrogen-bond donors (Lipinski definition) is 0. The van der Waals surface area contributed by atoms with E-state index in [-0.39, 0.29) is 29.5 Å². The Morgan fingerprint density at radius 2 is 1.87 bits per heavy atom. The average molecular weight is 423 g/mol. The smallest absolute Gasteiger partial charge is 0.232 e. The first-order valence-electron chi connectivity index (χ1n) is 11.2. The number of carbonyl (C=O) groups is 2. The van der Waals surface area contributed by atoms with Crippen molar-refractivity contribution in [2.75, 3.05) is 18.0 Å². The molecule has 4 nitrogen and oxygen atoms in total. The van der Waals surface area contributed by atoms with E-state index in [4.69, 9.17) is 0 Å². The van der Waals surface area contributed by atoms with Gasteiger partial charge < -0.3 is 9.80 Å². The van der Waals surface area contributed by atoms with Crippen molar-refractivity contribution in [1.82, 2.24) is 4.90 Å². The Hall–Kier alpha value is -1.98. The summed E-state index contributed by atoms with van der Waals surface area (Å²) < 4.78 is 28.1. The first-order valence-corrected chi connectivity index (χ1v) is 11.2. The molecule has 0 N–H and O–H groups in total. The van der Waals surface area contributed by atoms with E-state index >= 15 is 0 Å². The van der Waals surface area contributed by atoms with Crippen molar-refractivity contribution in [1.29, 1.82) is 0 Å². The van der Waals surface area contributed by atoms with E-state index < -0.39 is 17.0 Å². The minimum atomic E-state index is -0.760.